The van der Waals surface area contributed by atoms with E-state index in [0.717, 1.165) is 30.8 Å². The Balaban J connectivity index is 2.07. The Morgan fingerprint density at radius 3 is 2.61 bits per heavy atom. The average molecular weight is 264 g/mol. The van der Waals surface area contributed by atoms with Crippen molar-refractivity contribution in [3.63, 3.8) is 0 Å². The molecule has 4 heteroatoms. The lowest BCUT2D eigenvalue weighted by molar-refractivity contribution is 0.0764. The summed E-state index contributed by atoms with van der Waals surface area (Å²) in [5.41, 5.74) is 7.06. The minimum Gasteiger partial charge on any atom is -0.399 e. The summed E-state index contributed by atoms with van der Waals surface area (Å²) in [5.74, 6) is 1.13. The van der Waals surface area contributed by atoms with Crippen LogP contribution in [0.2, 0.25) is 0 Å². The maximum atomic E-state index is 12.4. The molecule has 1 amide bonds. The summed E-state index contributed by atoms with van der Waals surface area (Å²) in [6.07, 6.45) is 1.04. The van der Waals surface area contributed by atoms with Crippen molar-refractivity contribution >= 4 is 23.4 Å². The largest absolute Gasteiger partial charge is 0.399 e. The van der Waals surface area contributed by atoms with Crippen LogP contribution in [0, 0.1) is 0 Å². The fourth-order valence-electron chi connectivity index (χ4n) is 2.03. The van der Waals surface area contributed by atoms with E-state index in [1.54, 1.807) is 24.3 Å². The number of carbonyl (C=O) groups excluding carboxylic acids is 1. The van der Waals surface area contributed by atoms with E-state index in [0.29, 0.717) is 5.69 Å². The van der Waals surface area contributed by atoms with Gasteiger partial charge in [0.15, 0.2) is 0 Å². The molecule has 0 unspecified atom stereocenters. The number of thioether (sulfide) groups is 1. The number of nitrogens with zero attached hydrogens (tertiary/aromatic N) is 1. The molecule has 0 radical (unpaired) electrons. The van der Waals surface area contributed by atoms with E-state index in [4.69, 9.17) is 5.73 Å². The van der Waals surface area contributed by atoms with Gasteiger partial charge in [-0.3, -0.25) is 4.79 Å². The van der Waals surface area contributed by atoms with Gasteiger partial charge in [0.2, 0.25) is 0 Å². The Labute approximate surface area is 113 Å². The molecule has 1 aliphatic rings. The minimum atomic E-state index is 0.119. The van der Waals surface area contributed by atoms with Crippen molar-refractivity contribution in [2.75, 3.05) is 24.6 Å². The minimum absolute atomic E-state index is 0.119. The summed E-state index contributed by atoms with van der Waals surface area (Å²) < 4.78 is 0.274. The van der Waals surface area contributed by atoms with Crippen molar-refractivity contribution < 1.29 is 4.79 Å². The molecule has 0 aromatic heterocycles. The van der Waals surface area contributed by atoms with E-state index in [2.05, 4.69) is 13.8 Å². The first-order valence-corrected chi connectivity index (χ1v) is 7.25. The molecule has 98 valence electrons. The maximum absolute atomic E-state index is 12.4. The van der Waals surface area contributed by atoms with Gasteiger partial charge in [0.05, 0.1) is 0 Å². The molecular formula is C14H20N2OS. The Morgan fingerprint density at radius 1 is 1.28 bits per heavy atom. The molecule has 1 aliphatic heterocycles. The summed E-state index contributed by atoms with van der Waals surface area (Å²) in [6, 6.07) is 7.18. The van der Waals surface area contributed by atoms with Crippen molar-refractivity contribution in [1.82, 2.24) is 4.90 Å². The molecule has 0 saturated carbocycles. The molecule has 0 atom stereocenters. The van der Waals surface area contributed by atoms with Crippen LogP contribution in [-0.2, 0) is 0 Å². The van der Waals surface area contributed by atoms with Gasteiger partial charge in [0, 0.05) is 34.8 Å². The number of nitrogens with two attached hydrogens (primary N) is 1. The summed E-state index contributed by atoms with van der Waals surface area (Å²) in [6.45, 7) is 6.16. The topological polar surface area (TPSA) is 46.3 Å². The van der Waals surface area contributed by atoms with Crippen LogP contribution in [0.3, 0.4) is 0 Å². The molecule has 1 aromatic carbocycles. The molecule has 1 aromatic rings. The van der Waals surface area contributed by atoms with Crippen molar-refractivity contribution in [2.24, 2.45) is 0 Å². The van der Waals surface area contributed by atoms with Crippen LogP contribution in [0.1, 0.15) is 30.6 Å². The molecule has 18 heavy (non-hydrogen) atoms. The van der Waals surface area contributed by atoms with Crippen molar-refractivity contribution in [3.8, 4) is 0 Å². The molecule has 0 aliphatic carbocycles. The first-order chi connectivity index (χ1) is 8.48. The van der Waals surface area contributed by atoms with Gasteiger partial charge in [0.25, 0.3) is 5.91 Å². The predicted molar refractivity (Wildman–Crippen MR) is 77.9 cm³/mol. The van der Waals surface area contributed by atoms with E-state index in [1.165, 1.54) is 0 Å². The third-order valence-corrected chi connectivity index (χ3v) is 4.65. The number of benzene rings is 1. The number of anilines is 1. The van der Waals surface area contributed by atoms with Gasteiger partial charge in [-0.05, 0) is 30.7 Å². The van der Waals surface area contributed by atoms with Gasteiger partial charge in [-0.2, -0.15) is 11.8 Å². The van der Waals surface area contributed by atoms with Crippen LogP contribution < -0.4 is 5.73 Å². The summed E-state index contributed by atoms with van der Waals surface area (Å²) in [4.78, 5) is 14.3. The molecule has 1 saturated heterocycles. The highest BCUT2D eigenvalue weighted by molar-refractivity contribution is 8.00. The molecule has 2 rings (SSSR count). The van der Waals surface area contributed by atoms with Crippen LogP contribution in [0.5, 0.6) is 0 Å². The second-order valence-electron chi connectivity index (χ2n) is 5.27. The summed E-state index contributed by atoms with van der Waals surface area (Å²) >= 11 is 1.95. The lowest BCUT2D eigenvalue weighted by Gasteiger charge is -2.22. The molecule has 2 N–H and O–H groups in total. The zero-order chi connectivity index (χ0) is 13.2. The number of nitrogen functional groups attached to an aromatic ring is 1. The van der Waals surface area contributed by atoms with Crippen molar-refractivity contribution in [2.45, 2.75) is 25.0 Å². The van der Waals surface area contributed by atoms with Crippen molar-refractivity contribution in [3.05, 3.63) is 29.8 Å². The van der Waals surface area contributed by atoms with Gasteiger partial charge >= 0.3 is 0 Å². The number of carbonyl (C=O) groups is 1. The molecule has 1 fully saturated rings. The Kier molecular flexibility index (Phi) is 3.85. The van der Waals surface area contributed by atoms with Crippen LogP contribution in [-0.4, -0.2) is 34.4 Å². The van der Waals surface area contributed by atoms with E-state index in [9.17, 15) is 4.79 Å². The van der Waals surface area contributed by atoms with E-state index in [-0.39, 0.29) is 10.7 Å². The van der Waals surface area contributed by atoms with Crippen LogP contribution >= 0.6 is 11.8 Å². The zero-order valence-electron chi connectivity index (χ0n) is 11.0. The lowest BCUT2D eigenvalue weighted by atomic mass is 10.1. The molecule has 3 nitrogen and oxygen atoms in total. The summed E-state index contributed by atoms with van der Waals surface area (Å²) in [7, 11) is 0. The highest BCUT2D eigenvalue weighted by Crippen LogP contribution is 2.31. The highest BCUT2D eigenvalue weighted by Gasteiger charge is 2.26. The Bertz CT molecular complexity index is 428. The number of hydrogen-bond acceptors (Lipinski definition) is 3. The van der Waals surface area contributed by atoms with Crippen LogP contribution in [0.25, 0.3) is 0 Å². The number of amides is 1. The highest BCUT2D eigenvalue weighted by atomic mass is 32.2. The first-order valence-electron chi connectivity index (χ1n) is 6.27. The standard InChI is InChI=1S/C14H20N2OS/c1-14(2)7-8-16(9-10-18-14)13(17)11-3-5-12(15)6-4-11/h3-6H,7-10,15H2,1-2H3. The first kappa shape index (κ1) is 13.3. The smallest absolute Gasteiger partial charge is 0.253 e. The summed E-state index contributed by atoms with van der Waals surface area (Å²) in [5, 5.41) is 0. The average Bonchev–Trinajstić information content (AvgIpc) is 2.50. The molecule has 0 bridgehead atoms. The van der Waals surface area contributed by atoms with Crippen LogP contribution in [0.4, 0.5) is 5.69 Å². The Hall–Kier alpha value is -1.16. The normalized spacial score (nSPS) is 19.3. The van der Waals surface area contributed by atoms with E-state index < -0.39 is 0 Å². The van der Waals surface area contributed by atoms with E-state index >= 15 is 0 Å². The fraction of sp³-hybridized carbons (Fsp3) is 0.500. The number of hydrogen-bond donors (Lipinski definition) is 1. The third kappa shape index (κ3) is 3.19. The maximum Gasteiger partial charge on any atom is 0.253 e. The quantitative estimate of drug-likeness (QED) is 0.793. The second-order valence-corrected chi connectivity index (χ2v) is 7.07. The van der Waals surface area contributed by atoms with E-state index in [1.807, 2.05) is 16.7 Å². The van der Waals surface area contributed by atoms with Gasteiger partial charge < -0.3 is 10.6 Å². The monoisotopic (exact) mass is 264 g/mol. The van der Waals surface area contributed by atoms with Gasteiger partial charge in [-0.1, -0.05) is 13.8 Å². The number of rotatable bonds is 1. The third-order valence-electron chi connectivity index (χ3n) is 3.28. The molecule has 0 spiro atoms. The van der Waals surface area contributed by atoms with Crippen LogP contribution in [0.15, 0.2) is 24.3 Å². The molecular weight excluding hydrogens is 244 g/mol. The zero-order valence-corrected chi connectivity index (χ0v) is 11.8. The molecule has 1 heterocycles. The van der Waals surface area contributed by atoms with Gasteiger partial charge in [0.1, 0.15) is 0 Å². The van der Waals surface area contributed by atoms with Crippen molar-refractivity contribution in [1.29, 1.82) is 0 Å². The second kappa shape index (κ2) is 5.22. The Morgan fingerprint density at radius 2 is 1.94 bits per heavy atom. The van der Waals surface area contributed by atoms with Gasteiger partial charge in [-0.15, -0.1) is 0 Å². The fourth-order valence-corrected chi connectivity index (χ4v) is 3.13. The lowest BCUT2D eigenvalue weighted by Crippen LogP contribution is -2.33. The van der Waals surface area contributed by atoms with Gasteiger partial charge in [-0.25, -0.2) is 0 Å². The predicted octanol–water partition coefficient (Wildman–Crippen LogP) is 2.63. The SMILES string of the molecule is CC1(C)CCN(C(=O)c2ccc(N)cc2)CCS1.